The Hall–Kier alpha value is -1.52. The van der Waals surface area contributed by atoms with Crippen molar-refractivity contribution in [3.8, 4) is 0 Å². The first-order valence-corrected chi connectivity index (χ1v) is 2.68. The van der Waals surface area contributed by atoms with Crippen LogP contribution < -0.4 is 10.9 Å². The fourth-order valence-electron chi connectivity index (χ4n) is 0.575. The molecule has 1 amide bonds. The largest absolute Gasteiger partial charge is 0.477 e. The zero-order chi connectivity index (χ0) is 7.56. The van der Waals surface area contributed by atoms with E-state index in [1.165, 1.54) is 6.08 Å². The Morgan fingerprint density at radius 2 is 2.30 bits per heavy atom. The van der Waals surface area contributed by atoms with Crippen LogP contribution in [0.2, 0.25) is 0 Å². The second-order valence-corrected chi connectivity index (χ2v) is 1.80. The van der Waals surface area contributed by atoms with Gasteiger partial charge in [-0.2, -0.15) is 0 Å². The highest BCUT2D eigenvalue weighted by Gasteiger charge is 2.12. The summed E-state index contributed by atoms with van der Waals surface area (Å²) in [5.74, 6) is -1.30. The lowest BCUT2D eigenvalue weighted by Gasteiger charge is -2.12. The molecule has 0 saturated carbocycles. The molecule has 0 aromatic rings. The molecule has 0 radical (unpaired) electrons. The van der Waals surface area contributed by atoms with Gasteiger partial charge in [-0.05, 0) is 6.08 Å². The van der Waals surface area contributed by atoms with Gasteiger partial charge in [0.1, 0.15) is 5.70 Å². The molecule has 0 spiro atoms. The number of carboxylic acid groups (broad SMARTS) is 1. The van der Waals surface area contributed by atoms with Gasteiger partial charge in [0.2, 0.25) is 5.91 Å². The van der Waals surface area contributed by atoms with E-state index < -0.39 is 5.97 Å². The van der Waals surface area contributed by atoms with Crippen LogP contribution >= 0.6 is 0 Å². The van der Waals surface area contributed by atoms with E-state index in [1.54, 1.807) is 0 Å². The summed E-state index contributed by atoms with van der Waals surface area (Å²) in [5, 5.41) is 8.34. The van der Waals surface area contributed by atoms with Crippen molar-refractivity contribution in [3.05, 3.63) is 11.8 Å². The van der Waals surface area contributed by atoms with Crippen LogP contribution in [0.4, 0.5) is 0 Å². The molecular weight excluding hydrogens is 136 g/mol. The first kappa shape index (κ1) is 6.60. The van der Waals surface area contributed by atoms with Crippen LogP contribution in [0.3, 0.4) is 0 Å². The van der Waals surface area contributed by atoms with Crippen molar-refractivity contribution < 1.29 is 14.7 Å². The topological polar surface area (TPSA) is 78.4 Å². The van der Waals surface area contributed by atoms with Crippen molar-refractivity contribution >= 4 is 11.9 Å². The van der Waals surface area contributed by atoms with Crippen LogP contribution in [-0.2, 0) is 9.59 Å². The first-order chi connectivity index (χ1) is 4.70. The molecule has 0 atom stereocenters. The van der Waals surface area contributed by atoms with Crippen molar-refractivity contribution in [2.45, 2.75) is 6.42 Å². The third-order valence-corrected chi connectivity index (χ3v) is 1.06. The quantitative estimate of drug-likeness (QED) is 0.438. The van der Waals surface area contributed by atoms with Gasteiger partial charge in [0.15, 0.2) is 0 Å². The summed E-state index contributed by atoms with van der Waals surface area (Å²) >= 11 is 0. The van der Waals surface area contributed by atoms with Gasteiger partial charge in [0, 0.05) is 6.42 Å². The number of carbonyl (C=O) groups excluding carboxylic acids is 1. The number of carbonyl (C=O) groups is 2. The highest BCUT2D eigenvalue weighted by molar-refractivity contribution is 5.89. The fraction of sp³-hybridized carbons (Fsp3) is 0.200. The normalized spacial score (nSPS) is 16.8. The molecule has 10 heavy (non-hydrogen) atoms. The zero-order valence-corrected chi connectivity index (χ0v) is 5.05. The summed E-state index contributed by atoms with van der Waals surface area (Å²) < 4.78 is 0. The molecule has 1 heterocycles. The predicted octanol–water partition coefficient (Wildman–Crippen LogP) is -1.02. The Balaban J connectivity index is 2.65. The average Bonchev–Trinajstić information content (AvgIpc) is 1.88. The molecule has 0 fully saturated rings. The number of amides is 1. The Morgan fingerprint density at radius 3 is 2.70 bits per heavy atom. The van der Waals surface area contributed by atoms with Gasteiger partial charge < -0.3 is 5.11 Å². The lowest BCUT2D eigenvalue weighted by Crippen LogP contribution is -2.41. The summed E-state index contributed by atoms with van der Waals surface area (Å²) in [7, 11) is 0. The molecule has 3 N–H and O–H groups in total. The van der Waals surface area contributed by atoms with Gasteiger partial charge >= 0.3 is 5.97 Å². The molecule has 0 aromatic carbocycles. The van der Waals surface area contributed by atoms with Gasteiger partial charge in [-0.1, -0.05) is 0 Å². The van der Waals surface area contributed by atoms with Crippen molar-refractivity contribution in [2.75, 3.05) is 0 Å². The van der Waals surface area contributed by atoms with Gasteiger partial charge in [-0.3, -0.25) is 15.6 Å². The molecule has 0 aliphatic carbocycles. The maximum absolute atomic E-state index is 10.4. The van der Waals surface area contributed by atoms with Crippen LogP contribution in [0.5, 0.6) is 0 Å². The maximum Gasteiger partial charge on any atom is 0.353 e. The average molecular weight is 142 g/mol. The molecular formula is C5H6N2O3. The number of aliphatic carboxylic acids is 1. The minimum absolute atomic E-state index is 0.0135. The molecule has 5 heteroatoms. The third-order valence-electron chi connectivity index (χ3n) is 1.06. The summed E-state index contributed by atoms with van der Waals surface area (Å²) in [6.45, 7) is 0. The second kappa shape index (κ2) is 2.38. The lowest BCUT2D eigenvalue weighted by molar-refractivity contribution is -0.133. The number of carboxylic acids is 1. The standard InChI is InChI=1S/C5H6N2O3/c8-4-2-1-3(5(9)10)6-7-4/h1,6H,2H2,(H,7,8)(H,9,10). The Morgan fingerprint density at radius 1 is 1.60 bits per heavy atom. The van der Waals surface area contributed by atoms with Gasteiger partial charge in [-0.25, -0.2) is 4.79 Å². The summed E-state index contributed by atoms with van der Waals surface area (Å²) in [6, 6.07) is 0. The van der Waals surface area contributed by atoms with Gasteiger partial charge in [-0.15, -0.1) is 0 Å². The molecule has 1 aliphatic rings. The smallest absolute Gasteiger partial charge is 0.353 e. The van der Waals surface area contributed by atoms with Crippen LogP contribution in [0.25, 0.3) is 0 Å². The van der Waals surface area contributed by atoms with Crippen molar-refractivity contribution in [3.63, 3.8) is 0 Å². The zero-order valence-electron chi connectivity index (χ0n) is 5.05. The lowest BCUT2D eigenvalue weighted by atomic mass is 10.3. The van der Waals surface area contributed by atoms with Gasteiger partial charge in [0.25, 0.3) is 0 Å². The van der Waals surface area contributed by atoms with E-state index in [1.807, 2.05) is 0 Å². The SMILES string of the molecule is O=C1CC=C(C(=O)O)NN1. The fourth-order valence-corrected chi connectivity index (χ4v) is 0.575. The van der Waals surface area contributed by atoms with Crippen LogP contribution in [0.1, 0.15) is 6.42 Å². The number of nitrogens with one attached hydrogen (secondary N) is 2. The highest BCUT2D eigenvalue weighted by atomic mass is 16.4. The van der Waals surface area contributed by atoms with E-state index in [0.29, 0.717) is 0 Å². The molecule has 0 unspecified atom stereocenters. The second-order valence-electron chi connectivity index (χ2n) is 1.80. The predicted molar refractivity (Wildman–Crippen MR) is 31.6 cm³/mol. The van der Waals surface area contributed by atoms with E-state index in [-0.39, 0.29) is 18.0 Å². The number of hydrazine groups is 1. The molecule has 1 aliphatic heterocycles. The summed E-state index contributed by atoms with van der Waals surface area (Å²) in [5.41, 5.74) is 4.42. The monoisotopic (exact) mass is 142 g/mol. The molecule has 1 rings (SSSR count). The molecule has 0 bridgehead atoms. The molecule has 54 valence electrons. The van der Waals surface area contributed by atoms with E-state index >= 15 is 0 Å². The number of rotatable bonds is 1. The Bertz CT molecular complexity index is 209. The van der Waals surface area contributed by atoms with Crippen LogP contribution in [0.15, 0.2) is 11.8 Å². The van der Waals surface area contributed by atoms with E-state index in [0.717, 1.165) is 0 Å². The third kappa shape index (κ3) is 1.25. The highest BCUT2D eigenvalue weighted by Crippen LogP contribution is 1.96. The van der Waals surface area contributed by atoms with Crippen LogP contribution in [0, 0.1) is 0 Å². The molecule has 0 saturated heterocycles. The van der Waals surface area contributed by atoms with E-state index in [9.17, 15) is 9.59 Å². The maximum atomic E-state index is 10.4. The van der Waals surface area contributed by atoms with E-state index in [4.69, 9.17) is 5.11 Å². The Kier molecular flexibility index (Phi) is 1.57. The minimum atomic E-state index is -1.07. The Labute approximate surface area is 56.7 Å². The molecule has 5 nitrogen and oxygen atoms in total. The number of hydrogen-bond donors (Lipinski definition) is 3. The number of hydrogen-bond acceptors (Lipinski definition) is 3. The van der Waals surface area contributed by atoms with Gasteiger partial charge in [0.05, 0.1) is 0 Å². The first-order valence-electron chi connectivity index (χ1n) is 2.68. The molecule has 0 aromatic heterocycles. The van der Waals surface area contributed by atoms with E-state index in [2.05, 4.69) is 10.9 Å². The summed E-state index contributed by atoms with van der Waals surface area (Å²) in [4.78, 5) is 20.6. The van der Waals surface area contributed by atoms with Crippen molar-refractivity contribution in [1.82, 2.24) is 10.9 Å². The summed E-state index contributed by atoms with van der Waals surface area (Å²) in [6.07, 6.45) is 1.44. The van der Waals surface area contributed by atoms with Crippen molar-refractivity contribution in [2.24, 2.45) is 0 Å². The van der Waals surface area contributed by atoms with Crippen LogP contribution in [-0.4, -0.2) is 17.0 Å². The minimum Gasteiger partial charge on any atom is -0.477 e. The van der Waals surface area contributed by atoms with Crippen molar-refractivity contribution in [1.29, 1.82) is 0 Å².